The zero-order valence-electron chi connectivity index (χ0n) is 15.6. The van der Waals surface area contributed by atoms with Crippen molar-refractivity contribution in [3.05, 3.63) is 23.3 Å². The molecule has 1 aromatic carbocycles. The first-order chi connectivity index (χ1) is 11.0. The van der Waals surface area contributed by atoms with Crippen molar-refractivity contribution in [1.82, 2.24) is 4.90 Å². The number of rotatable bonds is 4. The summed E-state index contributed by atoms with van der Waals surface area (Å²) < 4.78 is 24.2. The quantitative estimate of drug-likeness (QED) is 0.807. The number of fused-ring (bicyclic) bond motifs is 3. The lowest BCUT2D eigenvalue weighted by atomic mass is 9.80. The monoisotopic (exact) mass is 424 g/mol. The van der Waals surface area contributed by atoms with Crippen LogP contribution in [0.3, 0.4) is 0 Å². The first-order valence-corrected chi connectivity index (χ1v) is 8.34. The Balaban J connectivity index is 0.00000208. The first kappa shape index (κ1) is 25.7. The molecule has 0 saturated carbocycles. The second-order valence-corrected chi connectivity index (χ2v) is 6.75. The SMILES string of the molecule is COc1cc2c(cc1OC)[C@@H]1C[C@H](O)[C@@H](CC(C)[18F])CN1CC2.S.S.S. The molecule has 0 aromatic heterocycles. The fraction of sp³-hybridized carbons (Fsp3) is 0.667. The Bertz CT molecular complexity index is 577. The number of hydrogen-bond acceptors (Lipinski definition) is 4. The molecule has 1 fully saturated rings. The van der Waals surface area contributed by atoms with E-state index >= 15 is 0 Å². The maximum absolute atomic E-state index is 13.3. The van der Waals surface area contributed by atoms with Gasteiger partial charge in [-0.2, -0.15) is 40.5 Å². The molecule has 1 N–H and O–H groups in total. The highest BCUT2D eigenvalue weighted by molar-refractivity contribution is 7.59. The summed E-state index contributed by atoms with van der Waals surface area (Å²) in [6, 6.07) is 4.27. The third-order valence-electron chi connectivity index (χ3n) is 5.22. The van der Waals surface area contributed by atoms with Crippen LogP contribution < -0.4 is 9.47 Å². The van der Waals surface area contributed by atoms with Gasteiger partial charge < -0.3 is 14.6 Å². The molecular weight excluding hydrogens is 392 g/mol. The summed E-state index contributed by atoms with van der Waals surface area (Å²) in [5, 5.41) is 10.5. The van der Waals surface area contributed by atoms with Crippen molar-refractivity contribution < 1.29 is 19.0 Å². The summed E-state index contributed by atoms with van der Waals surface area (Å²) in [5.74, 6) is 1.50. The number of nitrogens with zero attached hydrogens (tertiary/aromatic N) is 1. The fourth-order valence-electron chi connectivity index (χ4n) is 4.07. The molecule has 2 heterocycles. The van der Waals surface area contributed by atoms with Crippen LogP contribution in [0.1, 0.15) is 36.9 Å². The highest BCUT2D eigenvalue weighted by Gasteiger charge is 2.39. The molecule has 3 rings (SSSR count). The van der Waals surface area contributed by atoms with Gasteiger partial charge in [0.25, 0.3) is 0 Å². The van der Waals surface area contributed by atoms with Gasteiger partial charge in [0.2, 0.25) is 0 Å². The second-order valence-electron chi connectivity index (χ2n) is 6.75. The molecule has 152 valence electrons. The molecule has 0 spiro atoms. The van der Waals surface area contributed by atoms with Crippen molar-refractivity contribution in [1.29, 1.82) is 0 Å². The fourth-order valence-corrected chi connectivity index (χ4v) is 4.07. The van der Waals surface area contributed by atoms with Crippen LogP contribution in [0, 0.1) is 5.92 Å². The standard InChI is InChI=1S/C18H26FNO3.3H2S/c1-11(19)6-13-10-20-5-4-12-7-17(22-2)18(23-3)8-14(12)15(20)9-16(13)21;;;/h7-8,11,13,15-16,21H,4-6,9-10H2,1-3H3;3*1H2/t11?,13-,15-,16-;;;/m0.../s1/i19-1;;;. The topological polar surface area (TPSA) is 41.9 Å². The maximum atomic E-state index is 13.3. The summed E-state index contributed by atoms with van der Waals surface area (Å²) >= 11 is 0. The smallest absolute Gasteiger partial charge is 0.161 e. The minimum atomic E-state index is -0.868. The lowest BCUT2D eigenvalue weighted by Gasteiger charge is -2.46. The van der Waals surface area contributed by atoms with E-state index in [4.69, 9.17) is 9.47 Å². The molecule has 2 aliphatic heterocycles. The summed E-state index contributed by atoms with van der Waals surface area (Å²) in [6.45, 7) is 3.27. The van der Waals surface area contributed by atoms with Crippen LogP contribution in [-0.4, -0.2) is 49.6 Å². The average Bonchev–Trinajstić information content (AvgIpc) is 2.53. The maximum Gasteiger partial charge on any atom is 0.161 e. The van der Waals surface area contributed by atoms with E-state index < -0.39 is 12.3 Å². The van der Waals surface area contributed by atoms with Crippen molar-refractivity contribution in [3.8, 4) is 11.5 Å². The summed E-state index contributed by atoms with van der Waals surface area (Å²) in [7, 11) is 3.28. The van der Waals surface area contributed by atoms with E-state index in [0.29, 0.717) is 12.8 Å². The number of halogens is 1. The summed E-state index contributed by atoms with van der Waals surface area (Å²) in [6.07, 6.45) is 0.713. The Morgan fingerprint density at radius 3 is 2.38 bits per heavy atom. The van der Waals surface area contributed by atoms with Crippen LogP contribution in [0.5, 0.6) is 11.5 Å². The molecule has 8 heteroatoms. The van der Waals surface area contributed by atoms with E-state index in [2.05, 4.69) is 4.90 Å². The van der Waals surface area contributed by atoms with E-state index in [1.165, 1.54) is 11.1 Å². The molecular formula is C18H32FNO3S3. The van der Waals surface area contributed by atoms with Gasteiger partial charge in [-0.05, 0) is 49.4 Å². The number of aliphatic hydroxyl groups excluding tert-OH is 1. The Morgan fingerprint density at radius 2 is 1.81 bits per heavy atom. The minimum Gasteiger partial charge on any atom is -0.493 e. The van der Waals surface area contributed by atoms with Crippen LogP contribution in [0.25, 0.3) is 0 Å². The molecule has 0 amide bonds. The van der Waals surface area contributed by atoms with Crippen molar-refractivity contribution in [2.24, 2.45) is 5.92 Å². The normalized spacial score (nSPS) is 25.3. The van der Waals surface area contributed by atoms with Crippen molar-refractivity contribution in [2.75, 3.05) is 27.3 Å². The first-order valence-electron chi connectivity index (χ1n) is 8.34. The van der Waals surface area contributed by atoms with Gasteiger partial charge >= 0.3 is 0 Å². The lowest BCUT2D eigenvalue weighted by Crippen LogP contribution is -2.48. The lowest BCUT2D eigenvalue weighted by molar-refractivity contribution is -0.0218. The van der Waals surface area contributed by atoms with Gasteiger partial charge in [0.15, 0.2) is 11.5 Å². The Morgan fingerprint density at radius 1 is 1.19 bits per heavy atom. The molecule has 1 saturated heterocycles. The highest BCUT2D eigenvalue weighted by atomic mass is 32.1. The minimum absolute atomic E-state index is 0. The highest BCUT2D eigenvalue weighted by Crippen LogP contribution is 2.43. The van der Waals surface area contributed by atoms with Crippen LogP contribution in [0.2, 0.25) is 0 Å². The van der Waals surface area contributed by atoms with E-state index in [1.807, 2.05) is 12.1 Å². The van der Waals surface area contributed by atoms with Crippen LogP contribution in [-0.2, 0) is 6.42 Å². The van der Waals surface area contributed by atoms with Gasteiger partial charge in [0, 0.05) is 25.0 Å². The number of ether oxygens (including phenoxy) is 2. The van der Waals surface area contributed by atoms with Crippen LogP contribution >= 0.6 is 40.5 Å². The van der Waals surface area contributed by atoms with Crippen molar-refractivity contribution in [2.45, 2.75) is 44.5 Å². The largest absolute Gasteiger partial charge is 0.493 e. The Labute approximate surface area is 176 Å². The Kier molecular flexibility index (Phi) is 10.8. The zero-order valence-corrected chi connectivity index (χ0v) is 18.6. The van der Waals surface area contributed by atoms with Gasteiger partial charge in [-0.3, -0.25) is 4.90 Å². The average molecular weight is 425 g/mol. The van der Waals surface area contributed by atoms with Gasteiger partial charge in [0.1, 0.15) is 0 Å². The van der Waals surface area contributed by atoms with E-state index in [-0.39, 0.29) is 52.4 Å². The molecule has 4 nitrogen and oxygen atoms in total. The predicted octanol–water partition coefficient (Wildman–Crippen LogP) is 3.07. The van der Waals surface area contributed by atoms with E-state index in [0.717, 1.165) is 31.0 Å². The number of aliphatic hydroxyl groups is 1. The molecule has 1 unspecified atom stereocenters. The summed E-state index contributed by atoms with van der Waals surface area (Å²) in [4.78, 5) is 2.38. The third kappa shape index (κ3) is 5.16. The summed E-state index contributed by atoms with van der Waals surface area (Å²) in [5.41, 5.74) is 2.47. The number of alkyl halides is 1. The molecule has 4 atom stereocenters. The van der Waals surface area contributed by atoms with Crippen molar-refractivity contribution >= 4 is 40.5 Å². The third-order valence-corrected chi connectivity index (χ3v) is 5.22. The molecule has 0 radical (unpaired) electrons. The molecule has 0 bridgehead atoms. The Hall–Kier alpha value is -0.280. The molecule has 1 aromatic rings. The zero-order chi connectivity index (χ0) is 16.6. The van der Waals surface area contributed by atoms with Gasteiger partial charge in [-0.15, -0.1) is 0 Å². The van der Waals surface area contributed by atoms with Crippen LogP contribution in [0.4, 0.5) is 4.39 Å². The van der Waals surface area contributed by atoms with E-state index in [9.17, 15) is 9.50 Å². The van der Waals surface area contributed by atoms with E-state index in [1.54, 1.807) is 21.1 Å². The number of benzene rings is 1. The van der Waals surface area contributed by atoms with Crippen molar-refractivity contribution in [3.63, 3.8) is 0 Å². The predicted molar refractivity (Wildman–Crippen MR) is 118 cm³/mol. The number of hydrogen-bond donors (Lipinski definition) is 1. The molecule has 0 aliphatic carbocycles. The second kappa shape index (κ2) is 10.9. The van der Waals surface area contributed by atoms with Gasteiger partial charge in [-0.25, -0.2) is 4.39 Å². The van der Waals surface area contributed by atoms with Crippen LogP contribution in [0.15, 0.2) is 12.1 Å². The van der Waals surface area contributed by atoms with Gasteiger partial charge in [0.05, 0.1) is 26.5 Å². The molecule has 26 heavy (non-hydrogen) atoms. The molecule has 2 aliphatic rings. The number of methoxy groups -OCH3 is 2. The van der Waals surface area contributed by atoms with Gasteiger partial charge in [-0.1, -0.05) is 0 Å². The number of piperidine rings is 1.